The molecule has 2 nitrogen and oxygen atoms in total. The molecule has 0 heterocycles. The summed E-state index contributed by atoms with van der Waals surface area (Å²) in [6.07, 6.45) is 0. The van der Waals surface area contributed by atoms with Crippen molar-refractivity contribution in [3.63, 3.8) is 0 Å². The van der Waals surface area contributed by atoms with Gasteiger partial charge in [0, 0.05) is 16.8 Å². The molecule has 2 rings (SSSR count). The molecule has 0 aliphatic carbocycles. The molecule has 0 saturated heterocycles. The van der Waals surface area contributed by atoms with Crippen LogP contribution in [0, 0.1) is 13.8 Å². The van der Waals surface area contributed by atoms with Crippen LogP contribution in [0.1, 0.15) is 27.0 Å². The number of ketones is 1. The average Bonchev–Trinajstić information content (AvgIpc) is 2.32. The van der Waals surface area contributed by atoms with E-state index >= 15 is 0 Å². The maximum absolute atomic E-state index is 12.3. The second kappa shape index (κ2) is 4.42. The molecule has 17 heavy (non-hydrogen) atoms. The molecule has 2 heteroatoms. The Morgan fingerprint density at radius 1 is 1.06 bits per heavy atom. The van der Waals surface area contributed by atoms with Crippen molar-refractivity contribution in [3.8, 4) is 0 Å². The first-order valence-corrected chi connectivity index (χ1v) is 5.56. The number of benzene rings is 2. The van der Waals surface area contributed by atoms with Crippen molar-refractivity contribution in [3.05, 3.63) is 64.7 Å². The molecule has 0 unspecified atom stereocenters. The highest BCUT2D eigenvalue weighted by molar-refractivity contribution is 6.10. The van der Waals surface area contributed by atoms with Crippen molar-refractivity contribution in [1.29, 1.82) is 0 Å². The van der Waals surface area contributed by atoms with Gasteiger partial charge in [-0.1, -0.05) is 35.9 Å². The highest BCUT2D eigenvalue weighted by atomic mass is 16.1. The van der Waals surface area contributed by atoms with Crippen LogP contribution in [-0.4, -0.2) is 5.78 Å². The van der Waals surface area contributed by atoms with Gasteiger partial charge in [-0.15, -0.1) is 0 Å². The molecule has 2 N–H and O–H groups in total. The summed E-state index contributed by atoms with van der Waals surface area (Å²) in [6.45, 7) is 3.85. The number of carbonyl (C=O) groups excluding carboxylic acids is 1. The summed E-state index contributed by atoms with van der Waals surface area (Å²) in [7, 11) is 0. The molecule has 0 aliphatic rings. The minimum absolute atomic E-state index is 0.0264. The Bertz CT molecular complexity index is 573. The van der Waals surface area contributed by atoms with E-state index in [1.54, 1.807) is 0 Å². The fourth-order valence-corrected chi connectivity index (χ4v) is 1.84. The van der Waals surface area contributed by atoms with Crippen LogP contribution in [0.2, 0.25) is 0 Å². The second-order valence-electron chi connectivity index (χ2n) is 4.22. The Balaban J connectivity index is 2.48. The van der Waals surface area contributed by atoms with Gasteiger partial charge in [-0.3, -0.25) is 4.79 Å². The van der Waals surface area contributed by atoms with E-state index in [1.165, 1.54) is 0 Å². The minimum Gasteiger partial charge on any atom is -0.398 e. The molecule has 0 radical (unpaired) electrons. The van der Waals surface area contributed by atoms with Crippen LogP contribution in [0.5, 0.6) is 0 Å². The number of anilines is 1. The lowest BCUT2D eigenvalue weighted by Gasteiger charge is -2.07. The van der Waals surface area contributed by atoms with Crippen molar-refractivity contribution < 1.29 is 4.79 Å². The lowest BCUT2D eigenvalue weighted by Crippen LogP contribution is -2.05. The first kappa shape index (κ1) is 11.4. The normalized spacial score (nSPS) is 10.2. The molecule has 2 aromatic rings. The number of nitrogens with two attached hydrogens (primary N) is 1. The van der Waals surface area contributed by atoms with Gasteiger partial charge in [-0.2, -0.15) is 0 Å². The summed E-state index contributed by atoms with van der Waals surface area (Å²) < 4.78 is 0. The van der Waals surface area contributed by atoms with Crippen LogP contribution in [0.3, 0.4) is 0 Å². The van der Waals surface area contributed by atoms with Gasteiger partial charge in [-0.05, 0) is 31.5 Å². The van der Waals surface area contributed by atoms with Gasteiger partial charge >= 0.3 is 0 Å². The third-order valence-electron chi connectivity index (χ3n) is 2.90. The van der Waals surface area contributed by atoms with E-state index < -0.39 is 0 Å². The highest BCUT2D eigenvalue weighted by Crippen LogP contribution is 2.19. The summed E-state index contributed by atoms with van der Waals surface area (Å²) >= 11 is 0. The number of carbonyl (C=O) groups is 1. The molecule has 0 fully saturated rings. The van der Waals surface area contributed by atoms with Gasteiger partial charge < -0.3 is 5.73 Å². The molecule has 0 atom stereocenters. The summed E-state index contributed by atoms with van der Waals surface area (Å²) in [5.74, 6) is 0.0264. The van der Waals surface area contributed by atoms with E-state index in [0.717, 1.165) is 11.1 Å². The van der Waals surface area contributed by atoms with E-state index in [9.17, 15) is 4.79 Å². The zero-order valence-electron chi connectivity index (χ0n) is 10.0. The van der Waals surface area contributed by atoms with Crippen LogP contribution < -0.4 is 5.73 Å². The minimum atomic E-state index is 0.0264. The van der Waals surface area contributed by atoms with Crippen molar-refractivity contribution in [1.82, 2.24) is 0 Å². The molecule has 0 bridgehead atoms. The Labute approximate surface area is 101 Å². The number of hydrogen-bond acceptors (Lipinski definition) is 2. The first-order valence-electron chi connectivity index (χ1n) is 5.56. The Morgan fingerprint density at radius 2 is 1.76 bits per heavy atom. The zero-order valence-corrected chi connectivity index (χ0v) is 10.0. The lowest BCUT2D eigenvalue weighted by atomic mass is 9.97. The van der Waals surface area contributed by atoms with E-state index in [1.807, 2.05) is 56.3 Å². The maximum Gasteiger partial charge on any atom is 0.193 e. The Hall–Kier alpha value is -2.09. The van der Waals surface area contributed by atoms with Gasteiger partial charge in [0.05, 0.1) is 0 Å². The topological polar surface area (TPSA) is 43.1 Å². The average molecular weight is 225 g/mol. The Morgan fingerprint density at radius 3 is 2.47 bits per heavy atom. The van der Waals surface area contributed by atoms with Gasteiger partial charge in [0.2, 0.25) is 0 Å². The van der Waals surface area contributed by atoms with E-state index in [-0.39, 0.29) is 5.78 Å². The monoisotopic (exact) mass is 225 g/mol. The van der Waals surface area contributed by atoms with Crippen LogP contribution >= 0.6 is 0 Å². The Kier molecular flexibility index (Phi) is 2.96. The highest BCUT2D eigenvalue weighted by Gasteiger charge is 2.12. The van der Waals surface area contributed by atoms with Crippen LogP contribution in [-0.2, 0) is 0 Å². The third kappa shape index (κ3) is 2.21. The van der Waals surface area contributed by atoms with Crippen LogP contribution in [0.25, 0.3) is 0 Å². The number of rotatable bonds is 2. The van der Waals surface area contributed by atoms with Crippen molar-refractivity contribution in [2.24, 2.45) is 0 Å². The summed E-state index contributed by atoms with van der Waals surface area (Å²) in [4.78, 5) is 12.3. The van der Waals surface area contributed by atoms with E-state index in [2.05, 4.69) is 0 Å². The number of aryl methyl sites for hydroxylation is 1. The smallest absolute Gasteiger partial charge is 0.193 e. The lowest BCUT2D eigenvalue weighted by molar-refractivity contribution is 0.103. The quantitative estimate of drug-likeness (QED) is 0.630. The third-order valence-corrected chi connectivity index (χ3v) is 2.90. The standard InChI is InChI=1S/C15H15NO/c1-10-5-3-6-12(9-10)15(17)13-7-4-8-14(16)11(13)2/h3-9H,16H2,1-2H3. The molecular formula is C15H15NO. The molecule has 0 aromatic heterocycles. The van der Waals surface area contributed by atoms with Crippen LogP contribution in [0.15, 0.2) is 42.5 Å². The number of nitrogen functional groups attached to an aromatic ring is 1. The fourth-order valence-electron chi connectivity index (χ4n) is 1.84. The van der Waals surface area contributed by atoms with Crippen molar-refractivity contribution >= 4 is 11.5 Å². The van der Waals surface area contributed by atoms with Gasteiger partial charge in [0.25, 0.3) is 0 Å². The molecule has 0 aliphatic heterocycles. The largest absolute Gasteiger partial charge is 0.398 e. The SMILES string of the molecule is Cc1cccc(C(=O)c2cccc(N)c2C)c1. The van der Waals surface area contributed by atoms with Crippen LogP contribution in [0.4, 0.5) is 5.69 Å². The molecule has 0 amide bonds. The summed E-state index contributed by atoms with van der Waals surface area (Å²) in [5.41, 5.74) is 9.78. The number of hydrogen-bond donors (Lipinski definition) is 1. The molecule has 0 spiro atoms. The second-order valence-corrected chi connectivity index (χ2v) is 4.22. The van der Waals surface area contributed by atoms with Crippen molar-refractivity contribution in [2.45, 2.75) is 13.8 Å². The van der Waals surface area contributed by atoms with E-state index in [0.29, 0.717) is 16.8 Å². The predicted molar refractivity (Wildman–Crippen MR) is 70.2 cm³/mol. The van der Waals surface area contributed by atoms with Gasteiger partial charge in [0.15, 0.2) is 5.78 Å². The van der Waals surface area contributed by atoms with Crippen molar-refractivity contribution in [2.75, 3.05) is 5.73 Å². The summed E-state index contributed by atoms with van der Waals surface area (Å²) in [6, 6.07) is 13.0. The predicted octanol–water partition coefficient (Wildman–Crippen LogP) is 3.12. The summed E-state index contributed by atoms with van der Waals surface area (Å²) in [5, 5.41) is 0. The maximum atomic E-state index is 12.3. The molecule has 2 aromatic carbocycles. The zero-order chi connectivity index (χ0) is 12.4. The molecule has 86 valence electrons. The van der Waals surface area contributed by atoms with Gasteiger partial charge in [-0.25, -0.2) is 0 Å². The molecular weight excluding hydrogens is 210 g/mol. The fraction of sp³-hybridized carbons (Fsp3) is 0.133. The van der Waals surface area contributed by atoms with E-state index in [4.69, 9.17) is 5.73 Å². The first-order chi connectivity index (χ1) is 8.09. The van der Waals surface area contributed by atoms with Gasteiger partial charge in [0.1, 0.15) is 0 Å². The molecule has 0 saturated carbocycles.